The van der Waals surface area contributed by atoms with Gasteiger partial charge in [-0.25, -0.2) is 0 Å². The molecule has 0 aromatic carbocycles. The fraction of sp³-hybridized carbons (Fsp3) is 0.929. The number of hydrogen-bond donors (Lipinski definition) is 0. The maximum atomic E-state index is 11.6. The van der Waals surface area contributed by atoms with Crippen molar-refractivity contribution in [2.24, 2.45) is 11.8 Å². The van der Waals surface area contributed by atoms with E-state index in [-0.39, 0.29) is 5.54 Å². The lowest BCUT2D eigenvalue weighted by Crippen LogP contribution is -2.48. The predicted octanol–water partition coefficient (Wildman–Crippen LogP) is 1.86. The van der Waals surface area contributed by atoms with Crippen molar-refractivity contribution in [3.63, 3.8) is 0 Å². The summed E-state index contributed by atoms with van der Waals surface area (Å²) in [5, 5.41) is 0. The van der Waals surface area contributed by atoms with Crippen LogP contribution in [0.5, 0.6) is 0 Å². The summed E-state index contributed by atoms with van der Waals surface area (Å²) in [6, 6.07) is 0. The van der Waals surface area contributed by atoms with Gasteiger partial charge in [0.05, 0.1) is 13.2 Å². The van der Waals surface area contributed by atoms with Crippen LogP contribution in [0.3, 0.4) is 0 Å². The van der Waals surface area contributed by atoms with Gasteiger partial charge in [0.1, 0.15) is 5.78 Å². The quantitative estimate of drug-likeness (QED) is 0.750. The minimum atomic E-state index is 0.242. The second-order valence-corrected chi connectivity index (χ2v) is 5.97. The van der Waals surface area contributed by atoms with E-state index in [4.69, 9.17) is 4.74 Å². The van der Waals surface area contributed by atoms with Gasteiger partial charge in [-0.3, -0.25) is 9.69 Å². The first kappa shape index (κ1) is 11.7. The zero-order valence-corrected chi connectivity index (χ0v) is 10.8. The van der Waals surface area contributed by atoms with E-state index >= 15 is 0 Å². The zero-order valence-electron chi connectivity index (χ0n) is 10.8. The van der Waals surface area contributed by atoms with Gasteiger partial charge in [-0.1, -0.05) is 12.8 Å². The van der Waals surface area contributed by atoms with Gasteiger partial charge in [-0.15, -0.1) is 0 Å². The number of Topliss-reactive ketones (excluding diaryl/α,β-unsaturated/α-hetero) is 1. The Bertz CT molecular complexity index is 297. The molecule has 1 heterocycles. The molecule has 0 amide bonds. The molecular formula is C14H23NO2. The van der Waals surface area contributed by atoms with Crippen LogP contribution >= 0.6 is 0 Å². The summed E-state index contributed by atoms with van der Waals surface area (Å²) in [5.74, 6) is 1.97. The van der Waals surface area contributed by atoms with Gasteiger partial charge in [-0.05, 0) is 31.6 Å². The summed E-state index contributed by atoms with van der Waals surface area (Å²) in [5.41, 5.74) is 0.242. The highest BCUT2D eigenvalue weighted by atomic mass is 16.5. The molecule has 0 radical (unpaired) electrons. The van der Waals surface area contributed by atoms with Crippen molar-refractivity contribution in [1.29, 1.82) is 0 Å². The van der Waals surface area contributed by atoms with Crippen molar-refractivity contribution < 1.29 is 9.53 Å². The smallest absolute Gasteiger partial charge is 0.131 e. The fourth-order valence-electron chi connectivity index (χ4n) is 4.44. The van der Waals surface area contributed by atoms with Crippen molar-refractivity contribution in [2.45, 2.75) is 44.6 Å². The normalized spacial score (nSPS) is 41.9. The summed E-state index contributed by atoms with van der Waals surface area (Å²) >= 11 is 0. The van der Waals surface area contributed by atoms with Crippen LogP contribution in [-0.4, -0.2) is 42.5 Å². The number of carbonyl (C=O) groups is 1. The third-order valence-electron chi connectivity index (χ3n) is 5.07. The van der Waals surface area contributed by atoms with Gasteiger partial charge in [0.25, 0.3) is 0 Å². The first-order valence-electron chi connectivity index (χ1n) is 7.07. The highest BCUT2D eigenvalue weighted by molar-refractivity contribution is 5.77. The molecule has 0 bridgehead atoms. The Balaban J connectivity index is 1.79. The Morgan fingerprint density at radius 2 is 1.82 bits per heavy atom. The van der Waals surface area contributed by atoms with Crippen molar-refractivity contribution in [3.05, 3.63) is 0 Å². The van der Waals surface area contributed by atoms with Gasteiger partial charge in [0.15, 0.2) is 0 Å². The highest BCUT2D eigenvalue weighted by Gasteiger charge is 2.67. The van der Waals surface area contributed by atoms with E-state index in [2.05, 4.69) is 4.90 Å². The number of nitrogens with zero attached hydrogens (tertiary/aromatic N) is 1. The number of carbonyl (C=O) groups excluding carboxylic acids is 1. The van der Waals surface area contributed by atoms with E-state index in [0.29, 0.717) is 5.78 Å². The van der Waals surface area contributed by atoms with E-state index < -0.39 is 0 Å². The van der Waals surface area contributed by atoms with Crippen molar-refractivity contribution >= 4 is 5.78 Å². The molecule has 17 heavy (non-hydrogen) atoms. The van der Waals surface area contributed by atoms with Gasteiger partial charge in [0, 0.05) is 25.0 Å². The molecule has 3 aliphatic rings. The van der Waals surface area contributed by atoms with Crippen LogP contribution in [0.25, 0.3) is 0 Å². The lowest BCUT2D eigenvalue weighted by molar-refractivity contribution is -0.119. The van der Waals surface area contributed by atoms with Gasteiger partial charge < -0.3 is 4.74 Å². The summed E-state index contributed by atoms with van der Waals surface area (Å²) in [4.78, 5) is 14.2. The number of morpholine rings is 1. The first-order chi connectivity index (χ1) is 8.25. The molecule has 0 aromatic rings. The Kier molecular flexibility index (Phi) is 2.99. The largest absolute Gasteiger partial charge is 0.379 e. The molecule has 0 N–H and O–H groups in total. The van der Waals surface area contributed by atoms with Crippen LogP contribution in [0.15, 0.2) is 0 Å². The van der Waals surface area contributed by atoms with Gasteiger partial charge >= 0.3 is 0 Å². The lowest BCUT2D eigenvalue weighted by Gasteiger charge is -2.36. The number of ketones is 1. The second-order valence-electron chi connectivity index (χ2n) is 5.97. The van der Waals surface area contributed by atoms with Gasteiger partial charge in [-0.2, -0.15) is 0 Å². The third-order valence-corrected chi connectivity index (χ3v) is 5.07. The maximum Gasteiger partial charge on any atom is 0.131 e. The molecule has 96 valence electrons. The van der Waals surface area contributed by atoms with Crippen LogP contribution in [-0.2, 0) is 9.53 Å². The number of hydrogen-bond acceptors (Lipinski definition) is 3. The fourth-order valence-corrected chi connectivity index (χ4v) is 4.44. The lowest BCUT2D eigenvalue weighted by atomic mass is 10.0. The van der Waals surface area contributed by atoms with E-state index in [1.807, 2.05) is 0 Å². The Hall–Kier alpha value is -0.410. The molecule has 3 heteroatoms. The van der Waals surface area contributed by atoms with Crippen molar-refractivity contribution in [2.75, 3.05) is 26.3 Å². The third kappa shape index (κ3) is 1.84. The summed E-state index contributed by atoms with van der Waals surface area (Å²) in [6.07, 6.45) is 6.20. The van der Waals surface area contributed by atoms with E-state index in [9.17, 15) is 4.79 Å². The van der Waals surface area contributed by atoms with Crippen LogP contribution < -0.4 is 0 Å². The maximum absolute atomic E-state index is 11.6. The molecule has 3 nitrogen and oxygen atoms in total. The van der Waals surface area contributed by atoms with Crippen LogP contribution in [0.2, 0.25) is 0 Å². The topological polar surface area (TPSA) is 29.5 Å². The van der Waals surface area contributed by atoms with Crippen molar-refractivity contribution in [3.8, 4) is 0 Å². The zero-order chi connectivity index (χ0) is 11.9. The summed E-state index contributed by atoms with van der Waals surface area (Å²) in [6.45, 7) is 5.51. The van der Waals surface area contributed by atoms with Crippen LogP contribution in [0.1, 0.15) is 39.0 Å². The van der Waals surface area contributed by atoms with E-state index in [1.54, 1.807) is 6.92 Å². The monoisotopic (exact) mass is 237 g/mol. The molecule has 2 aliphatic carbocycles. The van der Waals surface area contributed by atoms with Crippen molar-refractivity contribution in [1.82, 2.24) is 4.90 Å². The highest BCUT2D eigenvalue weighted by Crippen LogP contribution is 2.63. The van der Waals surface area contributed by atoms with Gasteiger partial charge in [0.2, 0.25) is 0 Å². The second kappa shape index (κ2) is 4.36. The molecule has 1 aliphatic heterocycles. The molecule has 2 saturated carbocycles. The minimum Gasteiger partial charge on any atom is -0.379 e. The minimum absolute atomic E-state index is 0.242. The molecule has 0 spiro atoms. The predicted molar refractivity (Wildman–Crippen MR) is 65.9 cm³/mol. The molecule has 3 atom stereocenters. The Morgan fingerprint density at radius 3 is 2.35 bits per heavy atom. The average Bonchev–Trinajstić information content (AvgIpc) is 2.99. The van der Waals surface area contributed by atoms with E-state index in [1.165, 1.54) is 25.7 Å². The number of fused-ring (bicyclic) bond motifs is 1. The molecule has 3 rings (SSSR count). The average molecular weight is 237 g/mol. The molecule has 0 aromatic heterocycles. The standard InChI is InChI=1S/C14H23NO2/c1-11(16)10-14(15-6-8-17-9-7-15)12-4-2-3-5-13(12)14/h12-13H,2-10H2,1H3/t12-,13+,14?. The Morgan fingerprint density at radius 1 is 1.24 bits per heavy atom. The Labute approximate surface area is 104 Å². The first-order valence-corrected chi connectivity index (χ1v) is 7.07. The summed E-state index contributed by atoms with van der Waals surface area (Å²) in [7, 11) is 0. The number of ether oxygens (including phenoxy) is 1. The number of rotatable bonds is 3. The molecule has 1 saturated heterocycles. The van der Waals surface area contributed by atoms with E-state index in [0.717, 1.165) is 44.6 Å². The SMILES string of the molecule is CC(=O)CC1(N2CCOCC2)[C@@H]2CCCC[C@@H]21. The van der Waals surface area contributed by atoms with Crippen LogP contribution in [0.4, 0.5) is 0 Å². The molecular weight excluding hydrogens is 214 g/mol. The summed E-state index contributed by atoms with van der Waals surface area (Å²) < 4.78 is 5.45. The van der Waals surface area contributed by atoms with Crippen LogP contribution in [0, 0.1) is 11.8 Å². The molecule has 1 unspecified atom stereocenters. The molecule has 3 fully saturated rings.